The lowest BCUT2D eigenvalue weighted by Crippen LogP contribution is -2.43. The number of aromatic nitrogens is 1. The topological polar surface area (TPSA) is 58.7 Å². The van der Waals surface area contributed by atoms with E-state index in [2.05, 4.69) is 6.92 Å². The van der Waals surface area contributed by atoms with Gasteiger partial charge in [0, 0.05) is 31.4 Å². The molecule has 2 aromatic heterocycles. The molecule has 6 nitrogen and oxygen atoms in total. The van der Waals surface area contributed by atoms with Gasteiger partial charge in [-0.05, 0) is 43.5 Å². The summed E-state index contributed by atoms with van der Waals surface area (Å²) >= 11 is 0. The lowest BCUT2D eigenvalue weighted by Gasteiger charge is -2.27. The van der Waals surface area contributed by atoms with Crippen molar-refractivity contribution in [3.05, 3.63) is 48.2 Å². The van der Waals surface area contributed by atoms with Crippen LogP contribution in [0.3, 0.4) is 0 Å². The Bertz CT molecular complexity index is 792. The molecule has 2 amide bonds. The van der Waals surface area contributed by atoms with Gasteiger partial charge in [-0.3, -0.25) is 9.59 Å². The van der Waals surface area contributed by atoms with Crippen LogP contribution in [0.4, 0.5) is 0 Å². The lowest BCUT2D eigenvalue weighted by atomic mass is 10.1. The number of aryl methyl sites for hydroxylation is 1. The summed E-state index contributed by atoms with van der Waals surface area (Å²) < 4.78 is 7.50. The zero-order valence-electron chi connectivity index (χ0n) is 18.4. The number of amides is 2. The quantitative estimate of drug-likeness (QED) is 0.454. The standard InChI is InChI=1S/C24H35N3O3/c1-3-4-5-6-7-12-23(28)27(20-13-14-20)19-24(29)26(18-22-11-9-16-30-22)17-21-10-8-15-25(21)2/h8-11,15-16,20H,3-7,12-14,17-19H2,1-2H3. The second kappa shape index (κ2) is 11.0. The summed E-state index contributed by atoms with van der Waals surface area (Å²) in [7, 11) is 1.98. The smallest absolute Gasteiger partial charge is 0.242 e. The maximum Gasteiger partial charge on any atom is 0.242 e. The first-order valence-electron chi connectivity index (χ1n) is 11.3. The van der Waals surface area contributed by atoms with E-state index >= 15 is 0 Å². The Kier molecular flexibility index (Phi) is 8.17. The van der Waals surface area contributed by atoms with Crippen molar-refractivity contribution in [3.8, 4) is 0 Å². The van der Waals surface area contributed by atoms with Crippen molar-refractivity contribution in [2.45, 2.75) is 77.4 Å². The lowest BCUT2D eigenvalue weighted by molar-refractivity contribution is -0.142. The van der Waals surface area contributed by atoms with Crippen LogP contribution in [-0.2, 0) is 29.7 Å². The highest BCUT2D eigenvalue weighted by atomic mass is 16.3. The Hall–Kier alpha value is -2.50. The van der Waals surface area contributed by atoms with E-state index in [4.69, 9.17) is 4.42 Å². The third kappa shape index (κ3) is 6.51. The zero-order valence-corrected chi connectivity index (χ0v) is 18.4. The molecule has 6 heteroatoms. The van der Waals surface area contributed by atoms with Gasteiger partial charge in [-0.2, -0.15) is 0 Å². The third-order valence-electron chi connectivity index (χ3n) is 5.79. The van der Waals surface area contributed by atoms with E-state index in [-0.39, 0.29) is 24.4 Å². The summed E-state index contributed by atoms with van der Waals surface area (Å²) in [5.41, 5.74) is 1.05. The molecule has 3 rings (SSSR count). The molecule has 1 aliphatic rings. The number of unbranched alkanes of at least 4 members (excludes halogenated alkanes) is 4. The van der Waals surface area contributed by atoms with E-state index in [0.717, 1.165) is 37.1 Å². The molecule has 0 bridgehead atoms. The molecule has 1 aliphatic carbocycles. The molecule has 0 radical (unpaired) electrons. The van der Waals surface area contributed by atoms with Gasteiger partial charge in [-0.1, -0.05) is 32.6 Å². The molecule has 0 atom stereocenters. The molecule has 0 N–H and O–H groups in total. The zero-order chi connectivity index (χ0) is 21.3. The summed E-state index contributed by atoms with van der Waals surface area (Å²) in [6.45, 7) is 3.24. The van der Waals surface area contributed by atoms with Crippen molar-refractivity contribution in [2.24, 2.45) is 7.05 Å². The third-order valence-corrected chi connectivity index (χ3v) is 5.79. The predicted molar refractivity (Wildman–Crippen MR) is 116 cm³/mol. The van der Waals surface area contributed by atoms with Gasteiger partial charge in [-0.15, -0.1) is 0 Å². The highest BCUT2D eigenvalue weighted by molar-refractivity contribution is 5.85. The highest BCUT2D eigenvalue weighted by Gasteiger charge is 2.34. The molecular weight excluding hydrogens is 378 g/mol. The molecule has 0 saturated heterocycles. The Morgan fingerprint density at radius 3 is 2.50 bits per heavy atom. The SMILES string of the molecule is CCCCCCCC(=O)N(CC(=O)N(Cc1ccco1)Cc1cccn1C)C1CC1. The number of nitrogens with zero attached hydrogens (tertiary/aromatic N) is 3. The first-order chi connectivity index (χ1) is 14.6. The Labute approximate surface area is 179 Å². The fourth-order valence-corrected chi connectivity index (χ4v) is 3.76. The molecule has 2 heterocycles. The minimum Gasteiger partial charge on any atom is -0.467 e. The van der Waals surface area contributed by atoms with Gasteiger partial charge < -0.3 is 18.8 Å². The van der Waals surface area contributed by atoms with E-state index in [0.29, 0.717) is 19.5 Å². The van der Waals surface area contributed by atoms with E-state index in [1.165, 1.54) is 19.3 Å². The van der Waals surface area contributed by atoms with Crippen molar-refractivity contribution in [1.29, 1.82) is 0 Å². The maximum atomic E-state index is 13.3. The van der Waals surface area contributed by atoms with Gasteiger partial charge >= 0.3 is 0 Å². The number of carbonyl (C=O) groups is 2. The minimum absolute atomic E-state index is 0.0289. The van der Waals surface area contributed by atoms with Crippen LogP contribution < -0.4 is 0 Å². The molecule has 1 saturated carbocycles. The Morgan fingerprint density at radius 2 is 1.87 bits per heavy atom. The normalized spacial score (nSPS) is 13.4. The summed E-state index contributed by atoms with van der Waals surface area (Å²) in [5.74, 6) is 0.843. The van der Waals surface area contributed by atoms with Crippen LogP contribution in [0.25, 0.3) is 0 Å². The summed E-state index contributed by atoms with van der Waals surface area (Å²) in [4.78, 5) is 29.7. The van der Waals surface area contributed by atoms with E-state index in [9.17, 15) is 9.59 Å². The number of carbonyl (C=O) groups excluding carboxylic acids is 2. The largest absolute Gasteiger partial charge is 0.467 e. The van der Waals surface area contributed by atoms with Crippen LogP contribution in [0, 0.1) is 0 Å². The van der Waals surface area contributed by atoms with Gasteiger partial charge in [0.15, 0.2) is 0 Å². The molecule has 164 valence electrons. The molecule has 0 aliphatic heterocycles. The Balaban J connectivity index is 1.61. The summed E-state index contributed by atoms with van der Waals surface area (Å²) in [5, 5.41) is 0. The molecule has 2 aromatic rings. The molecular formula is C24H35N3O3. The molecule has 0 spiro atoms. The van der Waals surface area contributed by atoms with Crippen LogP contribution in [0.15, 0.2) is 41.1 Å². The van der Waals surface area contributed by atoms with Gasteiger partial charge in [0.05, 0.1) is 19.4 Å². The van der Waals surface area contributed by atoms with Gasteiger partial charge in [0.1, 0.15) is 12.3 Å². The molecule has 0 aromatic carbocycles. The fourth-order valence-electron chi connectivity index (χ4n) is 3.76. The van der Waals surface area contributed by atoms with Crippen molar-refractivity contribution in [3.63, 3.8) is 0 Å². The van der Waals surface area contributed by atoms with Crippen LogP contribution in [0.2, 0.25) is 0 Å². The minimum atomic E-state index is -0.0289. The Morgan fingerprint density at radius 1 is 1.07 bits per heavy atom. The average molecular weight is 414 g/mol. The van der Waals surface area contributed by atoms with Crippen molar-refractivity contribution < 1.29 is 14.0 Å². The number of hydrogen-bond acceptors (Lipinski definition) is 3. The van der Waals surface area contributed by atoms with Crippen molar-refractivity contribution >= 4 is 11.8 Å². The first kappa shape index (κ1) is 22.2. The van der Waals surface area contributed by atoms with Gasteiger partial charge in [0.25, 0.3) is 0 Å². The van der Waals surface area contributed by atoms with Crippen LogP contribution in [-0.4, -0.2) is 38.8 Å². The van der Waals surface area contributed by atoms with Gasteiger partial charge in [-0.25, -0.2) is 0 Å². The number of furan rings is 1. The van der Waals surface area contributed by atoms with E-state index in [1.807, 2.05) is 47.0 Å². The number of rotatable bonds is 13. The highest BCUT2D eigenvalue weighted by Crippen LogP contribution is 2.28. The van der Waals surface area contributed by atoms with Crippen LogP contribution in [0.5, 0.6) is 0 Å². The second-order valence-corrected chi connectivity index (χ2v) is 8.36. The molecule has 0 unspecified atom stereocenters. The van der Waals surface area contributed by atoms with E-state index in [1.54, 1.807) is 11.2 Å². The monoisotopic (exact) mass is 413 g/mol. The van der Waals surface area contributed by atoms with E-state index < -0.39 is 0 Å². The fraction of sp³-hybridized carbons (Fsp3) is 0.583. The number of hydrogen-bond donors (Lipinski definition) is 0. The average Bonchev–Trinajstić information content (AvgIpc) is 3.29. The summed E-state index contributed by atoms with van der Waals surface area (Å²) in [6.07, 6.45) is 11.8. The van der Waals surface area contributed by atoms with Crippen molar-refractivity contribution in [1.82, 2.24) is 14.4 Å². The molecule has 30 heavy (non-hydrogen) atoms. The summed E-state index contributed by atoms with van der Waals surface area (Å²) in [6, 6.07) is 7.94. The maximum absolute atomic E-state index is 13.3. The molecule has 1 fully saturated rings. The van der Waals surface area contributed by atoms with Crippen molar-refractivity contribution in [2.75, 3.05) is 6.54 Å². The predicted octanol–water partition coefficient (Wildman–Crippen LogP) is 4.50. The van der Waals surface area contributed by atoms with Gasteiger partial charge in [0.2, 0.25) is 11.8 Å². The first-order valence-corrected chi connectivity index (χ1v) is 11.3. The second-order valence-electron chi connectivity index (χ2n) is 8.36. The van der Waals surface area contributed by atoms with Crippen LogP contribution in [0.1, 0.15) is 69.7 Å². The van der Waals surface area contributed by atoms with Crippen LogP contribution >= 0.6 is 0 Å².